The molecule has 0 amide bonds. The minimum atomic E-state index is 0.211. The Morgan fingerprint density at radius 3 is 2.14 bits per heavy atom. The number of nitrogens with two attached hydrogens (primary N) is 1. The molecule has 0 bridgehead atoms. The van der Waals surface area contributed by atoms with Gasteiger partial charge in [0.2, 0.25) is 0 Å². The van der Waals surface area contributed by atoms with Crippen molar-refractivity contribution in [1.29, 1.82) is 0 Å². The van der Waals surface area contributed by atoms with Crippen LogP contribution in [0.3, 0.4) is 0 Å². The lowest BCUT2D eigenvalue weighted by Crippen LogP contribution is -2.18. The van der Waals surface area contributed by atoms with Gasteiger partial charge >= 0.3 is 0 Å². The number of unbranched alkanes of at least 4 members (excludes halogenated alkanes) is 7. The van der Waals surface area contributed by atoms with Crippen LogP contribution in [0.2, 0.25) is 0 Å². The van der Waals surface area contributed by atoms with Crippen molar-refractivity contribution in [3.05, 3.63) is 17.0 Å². The molecule has 0 aliphatic rings. The van der Waals surface area contributed by atoms with Crippen LogP contribution in [0.15, 0.2) is 0 Å². The molecular formula is C18H35N3. The van der Waals surface area contributed by atoms with Gasteiger partial charge in [0, 0.05) is 18.3 Å². The molecular weight excluding hydrogens is 258 g/mol. The Morgan fingerprint density at radius 1 is 1.00 bits per heavy atom. The van der Waals surface area contributed by atoms with Crippen molar-refractivity contribution >= 4 is 0 Å². The van der Waals surface area contributed by atoms with Crippen molar-refractivity contribution in [2.45, 2.75) is 98.1 Å². The van der Waals surface area contributed by atoms with Crippen LogP contribution < -0.4 is 5.73 Å². The average molecular weight is 293 g/mol. The molecule has 1 aromatic heterocycles. The molecule has 0 radical (unpaired) electrons. The first-order valence-corrected chi connectivity index (χ1v) is 8.84. The van der Waals surface area contributed by atoms with Gasteiger partial charge in [0.25, 0.3) is 0 Å². The second kappa shape index (κ2) is 9.99. The number of nitrogens with zero attached hydrogens (tertiary/aromatic N) is 2. The van der Waals surface area contributed by atoms with E-state index >= 15 is 0 Å². The zero-order chi connectivity index (χ0) is 15.7. The number of hydrogen-bond acceptors (Lipinski definition) is 2. The minimum Gasteiger partial charge on any atom is -0.328 e. The quantitative estimate of drug-likeness (QED) is 0.609. The van der Waals surface area contributed by atoms with Crippen molar-refractivity contribution in [3.8, 4) is 0 Å². The third-order valence-electron chi connectivity index (χ3n) is 4.28. The maximum absolute atomic E-state index is 5.92. The van der Waals surface area contributed by atoms with Crippen LogP contribution in [0.4, 0.5) is 0 Å². The molecule has 0 aliphatic heterocycles. The molecule has 0 spiro atoms. The van der Waals surface area contributed by atoms with Gasteiger partial charge in [-0.15, -0.1) is 0 Å². The lowest BCUT2D eigenvalue weighted by atomic mass is 10.1. The third kappa shape index (κ3) is 6.64. The smallest absolute Gasteiger partial charge is 0.0629 e. The number of hydrogen-bond donors (Lipinski definition) is 1. The molecule has 1 rings (SSSR count). The summed E-state index contributed by atoms with van der Waals surface area (Å²) in [6.07, 6.45) is 11.8. The number of aromatic nitrogens is 2. The first-order valence-electron chi connectivity index (χ1n) is 8.84. The molecule has 3 heteroatoms. The molecule has 21 heavy (non-hydrogen) atoms. The van der Waals surface area contributed by atoms with Crippen LogP contribution in [0.25, 0.3) is 0 Å². The van der Waals surface area contributed by atoms with Gasteiger partial charge in [-0.05, 0) is 39.2 Å². The van der Waals surface area contributed by atoms with Crippen molar-refractivity contribution < 1.29 is 0 Å². The second-order valence-corrected chi connectivity index (χ2v) is 6.53. The van der Waals surface area contributed by atoms with Crippen molar-refractivity contribution in [2.24, 2.45) is 5.73 Å². The summed E-state index contributed by atoms with van der Waals surface area (Å²) in [5.74, 6) is 0. The summed E-state index contributed by atoms with van der Waals surface area (Å²) in [5.41, 5.74) is 9.75. The SMILES string of the molecule is CCCCCCCCCCn1nc(C)c(CC(C)N)c1C. The Bertz CT molecular complexity index is 393. The number of rotatable bonds is 11. The summed E-state index contributed by atoms with van der Waals surface area (Å²) in [5, 5.41) is 4.68. The fraction of sp³-hybridized carbons (Fsp3) is 0.833. The van der Waals surface area contributed by atoms with Gasteiger partial charge in [-0.2, -0.15) is 5.10 Å². The van der Waals surface area contributed by atoms with Gasteiger partial charge in [0.05, 0.1) is 5.69 Å². The molecule has 1 atom stereocenters. The summed E-state index contributed by atoms with van der Waals surface area (Å²) in [7, 11) is 0. The minimum absolute atomic E-state index is 0.211. The molecule has 122 valence electrons. The van der Waals surface area contributed by atoms with Crippen LogP contribution in [0, 0.1) is 13.8 Å². The second-order valence-electron chi connectivity index (χ2n) is 6.53. The Hall–Kier alpha value is -0.830. The lowest BCUT2D eigenvalue weighted by Gasteiger charge is -2.07. The highest BCUT2D eigenvalue weighted by Crippen LogP contribution is 2.16. The zero-order valence-electron chi connectivity index (χ0n) is 14.6. The van der Waals surface area contributed by atoms with E-state index in [1.54, 1.807) is 0 Å². The van der Waals surface area contributed by atoms with Crippen molar-refractivity contribution in [1.82, 2.24) is 9.78 Å². The fourth-order valence-corrected chi connectivity index (χ4v) is 2.96. The third-order valence-corrected chi connectivity index (χ3v) is 4.28. The molecule has 0 aromatic carbocycles. The summed E-state index contributed by atoms with van der Waals surface area (Å²) in [6.45, 7) is 9.68. The summed E-state index contributed by atoms with van der Waals surface area (Å²) in [4.78, 5) is 0. The van der Waals surface area contributed by atoms with Crippen LogP contribution in [-0.4, -0.2) is 15.8 Å². The van der Waals surface area contributed by atoms with E-state index in [0.717, 1.165) is 18.7 Å². The Labute approximate surface area is 131 Å². The number of aryl methyl sites for hydroxylation is 2. The van der Waals surface area contributed by atoms with E-state index in [1.165, 1.54) is 62.6 Å². The molecule has 1 heterocycles. The molecule has 1 aromatic rings. The molecule has 0 saturated carbocycles. The van der Waals surface area contributed by atoms with Gasteiger partial charge in [-0.3, -0.25) is 4.68 Å². The van der Waals surface area contributed by atoms with Crippen LogP contribution in [0.5, 0.6) is 0 Å². The van der Waals surface area contributed by atoms with Gasteiger partial charge in [-0.25, -0.2) is 0 Å². The first kappa shape index (κ1) is 18.2. The highest BCUT2D eigenvalue weighted by molar-refractivity contribution is 5.25. The van der Waals surface area contributed by atoms with Gasteiger partial charge in [-0.1, -0.05) is 51.9 Å². The van der Waals surface area contributed by atoms with E-state index in [0.29, 0.717) is 0 Å². The Balaban J connectivity index is 2.26. The van der Waals surface area contributed by atoms with E-state index in [2.05, 4.69) is 37.5 Å². The summed E-state index contributed by atoms with van der Waals surface area (Å²) >= 11 is 0. The molecule has 0 saturated heterocycles. The van der Waals surface area contributed by atoms with E-state index in [4.69, 9.17) is 5.73 Å². The largest absolute Gasteiger partial charge is 0.328 e. The Morgan fingerprint density at radius 2 is 1.57 bits per heavy atom. The molecule has 1 unspecified atom stereocenters. The average Bonchev–Trinajstić information content (AvgIpc) is 2.69. The molecule has 3 nitrogen and oxygen atoms in total. The standard InChI is InChI=1S/C18H35N3/c1-5-6-7-8-9-10-11-12-13-21-17(4)18(14-15(2)19)16(3)20-21/h15H,5-14,19H2,1-4H3. The van der Waals surface area contributed by atoms with Gasteiger partial charge in [0.15, 0.2) is 0 Å². The van der Waals surface area contributed by atoms with Crippen molar-refractivity contribution in [2.75, 3.05) is 0 Å². The monoisotopic (exact) mass is 293 g/mol. The van der Waals surface area contributed by atoms with Gasteiger partial charge in [0.1, 0.15) is 0 Å². The predicted molar refractivity (Wildman–Crippen MR) is 91.7 cm³/mol. The molecule has 0 aliphatic carbocycles. The summed E-state index contributed by atoms with van der Waals surface area (Å²) < 4.78 is 2.18. The zero-order valence-corrected chi connectivity index (χ0v) is 14.6. The highest BCUT2D eigenvalue weighted by Gasteiger charge is 2.12. The molecule has 2 N–H and O–H groups in total. The maximum Gasteiger partial charge on any atom is 0.0629 e. The van der Waals surface area contributed by atoms with Gasteiger partial charge < -0.3 is 5.73 Å². The first-order chi connectivity index (χ1) is 10.1. The van der Waals surface area contributed by atoms with E-state index in [-0.39, 0.29) is 6.04 Å². The van der Waals surface area contributed by atoms with E-state index < -0.39 is 0 Å². The summed E-state index contributed by atoms with van der Waals surface area (Å²) in [6, 6.07) is 0.211. The van der Waals surface area contributed by atoms with E-state index in [1.807, 2.05) is 0 Å². The highest BCUT2D eigenvalue weighted by atomic mass is 15.3. The van der Waals surface area contributed by atoms with Crippen LogP contribution >= 0.6 is 0 Å². The molecule has 0 fully saturated rings. The normalized spacial score (nSPS) is 12.8. The Kier molecular flexibility index (Phi) is 8.67. The van der Waals surface area contributed by atoms with Crippen LogP contribution in [-0.2, 0) is 13.0 Å². The topological polar surface area (TPSA) is 43.8 Å². The van der Waals surface area contributed by atoms with Crippen LogP contribution in [0.1, 0.15) is 82.2 Å². The maximum atomic E-state index is 5.92. The van der Waals surface area contributed by atoms with Crippen molar-refractivity contribution in [3.63, 3.8) is 0 Å². The fourth-order valence-electron chi connectivity index (χ4n) is 2.96. The lowest BCUT2D eigenvalue weighted by molar-refractivity contribution is 0.511. The predicted octanol–water partition coefficient (Wildman–Crippen LogP) is 4.53. The van der Waals surface area contributed by atoms with E-state index in [9.17, 15) is 0 Å².